The zero-order chi connectivity index (χ0) is 16.7. The number of hydrogen-bond acceptors (Lipinski definition) is 2. The van der Waals surface area contributed by atoms with Gasteiger partial charge in [-0.2, -0.15) is 0 Å². The number of rotatable bonds is 2. The summed E-state index contributed by atoms with van der Waals surface area (Å²) in [5.74, 6) is -1.20. The van der Waals surface area contributed by atoms with E-state index in [-0.39, 0.29) is 42.4 Å². The lowest BCUT2D eigenvalue weighted by atomic mass is 9.96. The fourth-order valence-electron chi connectivity index (χ4n) is 2.41. The van der Waals surface area contributed by atoms with Crippen LogP contribution < -0.4 is 5.32 Å². The summed E-state index contributed by atoms with van der Waals surface area (Å²) in [6.07, 6.45) is 0. The summed E-state index contributed by atoms with van der Waals surface area (Å²) in [5, 5.41) is 3.23. The van der Waals surface area contributed by atoms with Gasteiger partial charge in [-0.25, -0.2) is 0 Å². The van der Waals surface area contributed by atoms with Crippen molar-refractivity contribution in [1.29, 1.82) is 0 Å². The van der Waals surface area contributed by atoms with Gasteiger partial charge in [0.2, 0.25) is 0 Å². The Hall–Kier alpha value is -1.52. The monoisotopic (exact) mass is 385 g/mol. The molecule has 1 N–H and O–H groups in total. The Bertz CT molecular complexity index is 778. The maximum atomic E-state index is 12.3. The molecule has 0 fully saturated rings. The molecule has 1 heterocycles. The quantitative estimate of drug-likeness (QED) is 0.748. The molecule has 23 heavy (non-hydrogen) atoms. The second-order valence-corrected chi connectivity index (χ2v) is 6.36. The zero-order valence-corrected chi connectivity index (χ0v) is 14.3. The fraction of sp³-hybridized carbons (Fsp3) is 0. The average molecular weight is 387 g/mol. The topological polar surface area (TPSA) is 46.2 Å². The van der Waals surface area contributed by atoms with Crippen molar-refractivity contribution in [3.8, 4) is 0 Å². The summed E-state index contributed by atoms with van der Waals surface area (Å²) in [7, 11) is 0. The van der Waals surface area contributed by atoms with Crippen LogP contribution in [-0.2, 0) is 9.59 Å². The van der Waals surface area contributed by atoms with Gasteiger partial charge in [0.05, 0.1) is 31.2 Å². The van der Waals surface area contributed by atoms with Gasteiger partial charge in [0.1, 0.15) is 0 Å². The number of benzene rings is 2. The van der Waals surface area contributed by atoms with Crippen molar-refractivity contribution in [2.45, 2.75) is 0 Å². The Labute approximate surface area is 151 Å². The van der Waals surface area contributed by atoms with Gasteiger partial charge in [-0.3, -0.25) is 14.9 Å². The number of halogens is 4. The first-order valence-electron chi connectivity index (χ1n) is 6.40. The van der Waals surface area contributed by atoms with Crippen LogP contribution in [0, 0.1) is 0 Å². The Balaban J connectivity index is 2.41. The smallest absolute Gasteiger partial charge is 0.259 e. The van der Waals surface area contributed by atoms with E-state index in [1.807, 2.05) is 0 Å². The summed E-state index contributed by atoms with van der Waals surface area (Å²) in [4.78, 5) is 24.6. The van der Waals surface area contributed by atoms with E-state index in [1.54, 1.807) is 36.4 Å². The van der Waals surface area contributed by atoms with Crippen molar-refractivity contribution in [3.05, 3.63) is 67.6 Å². The predicted molar refractivity (Wildman–Crippen MR) is 92.9 cm³/mol. The summed E-state index contributed by atoms with van der Waals surface area (Å²) < 4.78 is 0. The molecule has 2 amide bonds. The Morgan fingerprint density at radius 1 is 0.609 bits per heavy atom. The van der Waals surface area contributed by atoms with Gasteiger partial charge < -0.3 is 0 Å². The molecule has 0 saturated heterocycles. The number of hydrogen-bond donors (Lipinski definition) is 1. The van der Waals surface area contributed by atoms with Crippen LogP contribution >= 0.6 is 46.4 Å². The van der Waals surface area contributed by atoms with E-state index in [4.69, 9.17) is 46.4 Å². The molecule has 3 nitrogen and oxygen atoms in total. The van der Waals surface area contributed by atoms with E-state index in [9.17, 15) is 9.59 Å². The first-order chi connectivity index (χ1) is 10.9. The third kappa shape index (κ3) is 2.74. The number of carbonyl (C=O) groups is 2. The summed E-state index contributed by atoms with van der Waals surface area (Å²) >= 11 is 24.7. The first kappa shape index (κ1) is 16.3. The Morgan fingerprint density at radius 3 is 1.22 bits per heavy atom. The molecule has 2 aromatic carbocycles. The highest BCUT2D eigenvalue weighted by Crippen LogP contribution is 2.42. The molecule has 2 aromatic rings. The van der Waals surface area contributed by atoms with E-state index >= 15 is 0 Å². The molecule has 3 rings (SSSR count). The second-order valence-electron chi connectivity index (χ2n) is 4.73. The molecule has 1 aliphatic heterocycles. The molecule has 0 saturated carbocycles. The molecular weight excluding hydrogens is 380 g/mol. The highest BCUT2D eigenvalue weighted by Gasteiger charge is 2.36. The molecule has 116 valence electrons. The van der Waals surface area contributed by atoms with Crippen LogP contribution in [-0.4, -0.2) is 11.8 Å². The SMILES string of the molecule is O=C1NC(=O)C(c2c(Cl)cccc2Cl)=C1c1c(Cl)cccc1Cl. The summed E-state index contributed by atoms with van der Waals surface area (Å²) in [6, 6.07) is 9.61. The normalized spacial score (nSPS) is 14.4. The molecule has 0 bridgehead atoms. The molecular formula is C16H7Cl4NO2. The predicted octanol–water partition coefficient (Wildman–Crippen LogP) is 4.87. The fourth-order valence-corrected chi connectivity index (χ4v) is 3.58. The number of amides is 2. The van der Waals surface area contributed by atoms with Crippen molar-refractivity contribution in [1.82, 2.24) is 5.32 Å². The van der Waals surface area contributed by atoms with Gasteiger partial charge in [0.25, 0.3) is 11.8 Å². The van der Waals surface area contributed by atoms with E-state index in [1.165, 1.54) is 0 Å². The van der Waals surface area contributed by atoms with Crippen molar-refractivity contribution >= 4 is 69.4 Å². The summed E-state index contributed by atoms with van der Waals surface area (Å²) in [5.41, 5.74) is 0.650. The van der Waals surface area contributed by atoms with Crippen molar-refractivity contribution < 1.29 is 9.59 Å². The first-order valence-corrected chi connectivity index (χ1v) is 7.91. The van der Waals surface area contributed by atoms with E-state index in [0.29, 0.717) is 0 Å². The lowest BCUT2D eigenvalue weighted by Crippen LogP contribution is -2.23. The third-order valence-electron chi connectivity index (χ3n) is 3.36. The minimum Gasteiger partial charge on any atom is -0.288 e. The van der Waals surface area contributed by atoms with Crippen molar-refractivity contribution in [3.63, 3.8) is 0 Å². The lowest BCUT2D eigenvalue weighted by molar-refractivity contribution is -0.122. The van der Waals surface area contributed by atoms with Gasteiger partial charge in [-0.15, -0.1) is 0 Å². The van der Waals surface area contributed by atoms with Crippen molar-refractivity contribution in [2.24, 2.45) is 0 Å². The van der Waals surface area contributed by atoms with Gasteiger partial charge in [0, 0.05) is 11.1 Å². The molecule has 0 aliphatic carbocycles. The van der Waals surface area contributed by atoms with E-state index < -0.39 is 11.8 Å². The van der Waals surface area contributed by atoms with Crippen molar-refractivity contribution in [2.75, 3.05) is 0 Å². The van der Waals surface area contributed by atoms with Gasteiger partial charge >= 0.3 is 0 Å². The van der Waals surface area contributed by atoms with Crippen LogP contribution in [0.3, 0.4) is 0 Å². The Kier molecular flexibility index (Phi) is 4.39. The maximum Gasteiger partial charge on any atom is 0.259 e. The molecule has 0 radical (unpaired) electrons. The maximum absolute atomic E-state index is 12.3. The van der Waals surface area contributed by atoms with Crippen LogP contribution in [0.25, 0.3) is 11.1 Å². The van der Waals surface area contributed by atoms with E-state index in [2.05, 4.69) is 5.32 Å². The largest absolute Gasteiger partial charge is 0.288 e. The van der Waals surface area contributed by atoms with Gasteiger partial charge in [-0.1, -0.05) is 58.5 Å². The second kappa shape index (κ2) is 6.17. The third-order valence-corrected chi connectivity index (χ3v) is 4.62. The molecule has 1 aliphatic rings. The number of carbonyl (C=O) groups excluding carboxylic acids is 2. The van der Waals surface area contributed by atoms with Crippen LogP contribution in [0.4, 0.5) is 0 Å². The zero-order valence-electron chi connectivity index (χ0n) is 11.3. The molecule has 0 unspecified atom stereocenters. The van der Waals surface area contributed by atoms with Crippen LogP contribution in [0.15, 0.2) is 36.4 Å². The molecule has 0 spiro atoms. The average Bonchev–Trinajstić information content (AvgIpc) is 2.74. The number of imide groups is 1. The highest BCUT2D eigenvalue weighted by atomic mass is 35.5. The highest BCUT2D eigenvalue weighted by molar-refractivity contribution is 6.54. The number of nitrogens with one attached hydrogen (secondary N) is 1. The van der Waals surface area contributed by atoms with Gasteiger partial charge in [0.15, 0.2) is 0 Å². The molecule has 7 heteroatoms. The standard InChI is InChI=1S/C16H7Cl4NO2/c17-7-3-1-4-8(18)11(7)13-14(16(23)21-15(13)22)12-9(19)5-2-6-10(12)20/h1-6H,(H,21,22,23). The molecule has 0 aromatic heterocycles. The van der Waals surface area contributed by atoms with Crippen LogP contribution in [0.5, 0.6) is 0 Å². The van der Waals surface area contributed by atoms with Gasteiger partial charge in [-0.05, 0) is 24.3 Å². The van der Waals surface area contributed by atoms with E-state index in [0.717, 1.165) is 0 Å². The minimum atomic E-state index is -0.601. The lowest BCUT2D eigenvalue weighted by Gasteiger charge is -2.11. The van der Waals surface area contributed by atoms with Crippen LogP contribution in [0.1, 0.15) is 11.1 Å². The van der Waals surface area contributed by atoms with Crippen LogP contribution in [0.2, 0.25) is 20.1 Å². The summed E-state index contributed by atoms with van der Waals surface area (Å²) in [6.45, 7) is 0. The molecule has 0 atom stereocenters. The minimum absolute atomic E-state index is 0.0561. The Morgan fingerprint density at radius 2 is 0.913 bits per heavy atom.